The van der Waals surface area contributed by atoms with Gasteiger partial charge in [-0.1, -0.05) is 0 Å². The van der Waals surface area contributed by atoms with Crippen molar-refractivity contribution in [1.82, 2.24) is 24.0 Å². The fourth-order valence-corrected chi connectivity index (χ4v) is 3.06. The van der Waals surface area contributed by atoms with Crippen LogP contribution in [-0.2, 0) is 0 Å². The summed E-state index contributed by atoms with van der Waals surface area (Å²) in [6.45, 7) is 3.90. The van der Waals surface area contributed by atoms with Crippen LogP contribution in [0, 0.1) is 13.8 Å². The van der Waals surface area contributed by atoms with Crippen molar-refractivity contribution in [3.05, 3.63) is 51.5 Å². The van der Waals surface area contributed by atoms with E-state index in [1.54, 1.807) is 10.7 Å². The lowest BCUT2D eigenvalue weighted by Gasteiger charge is -2.03. The number of hydrogen-bond donors (Lipinski definition) is 0. The van der Waals surface area contributed by atoms with Gasteiger partial charge in [0, 0.05) is 17.6 Å². The summed E-state index contributed by atoms with van der Waals surface area (Å²) in [4.78, 5) is 21.7. The molecular formula is C14H11N5OS. The molecule has 4 aromatic heterocycles. The molecular weight excluding hydrogens is 286 g/mol. The van der Waals surface area contributed by atoms with Gasteiger partial charge in [0.25, 0.3) is 5.56 Å². The van der Waals surface area contributed by atoms with E-state index in [-0.39, 0.29) is 5.56 Å². The van der Waals surface area contributed by atoms with Gasteiger partial charge in [-0.15, -0.1) is 11.3 Å². The number of thiazole rings is 1. The molecule has 0 atom stereocenters. The maximum Gasteiger partial charge on any atom is 0.259 e. The third-order valence-electron chi connectivity index (χ3n) is 3.30. The molecule has 4 aromatic rings. The molecule has 0 saturated carbocycles. The second-order valence-corrected chi connectivity index (χ2v) is 5.77. The van der Waals surface area contributed by atoms with Crippen molar-refractivity contribution in [2.75, 3.05) is 0 Å². The van der Waals surface area contributed by atoms with Crippen LogP contribution in [0.25, 0.3) is 22.0 Å². The van der Waals surface area contributed by atoms with Crippen LogP contribution in [0.15, 0.2) is 34.7 Å². The van der Waals surface area contributed by atoms with Gasteiger partial charge >= 0.3 is 0 Å². The topological polar surface area (TPSA) is 64.6 Å². The molecule has 0 aliphatic carbocycles. The van der Waals surface area contributed by atoms with E-state index in [4.69, 9.17) is 0 Å². The second kappa shape index (κ2) is 4.23. The first kappa shape index (κ1) is 12.2. The Hall–Kier alpha value is -2.54. The van der Waals surface area contributed by atoms with Crippen molar-refractivity contribution in [3.8, 4) is 11.4 Å². The Labute approximate surface area is 123 Å². The van der Waals surface area contributed by atoms with E-state index < -0.39 is 0 Å². The van der Waals surface area contributed by atoms with Gasteiger partial charge in [0.15, 0.2) is 10.6 Å². The number of nitrogens with zero attached hydrogens (tertiary/aromatic N) is 5. The Morgan fingerprint density at radius 1 is 1.14 bits per heavy atom. The third kappa shape index (κ3) is 1.85. The van der Waals surface area contributed by atoms with Crippen LogP contribution < -0.4 is 5.56 Å². The zero-order valence-electron chi connectivity index (χ0n) is 11.4. The van der Waals surface area contributed by atoms with E-state index in [9.17, 15) is 4.79 Å². The van der Waals surface area contributed by atoms with Crippen molar-refractivity contribution in [2.24, 2.45) is 0 Å². The summed E-state index contributed by atoms with van der Waals surface area (Å²) < 4.78 is 3.26. The molecule has 7 heteroatoms. The number of aryl methyl sites for hydroxylation is 2. The molecule has 0 aliphatic heterocycles. The lowest BCUT2D eigenvalue weighted by atomic mass is 10.2. The van der Waals surface area contributed by atoms with E-state index in [1.165, 1.54) is 21.8 Å². The molecule has 0 N–H and O–H groups in total. The first-order chi connectivity index (χ1) is 10.1. The maximum absolute atomic E-state index is 12.1. The molecule has 4 rings (SSSR count). The van der Waals surface area contributed by atoms with Crippen molar-refractivity contribution in [2.45, 2.75) is 13.8 Å². The van der Waals surface area contributed by atoms with Gasteiger partial charge in [-0.25, -0.2) is 14.5 Å². The van der Waals surface area contributed by atoms with Gasteiger partial charge in [-0.05, 0) is 25.5 Å². The standard InChI is InChI=1S/C14H11N5OS/c1-8-5-11(17-19-7-9(2)15-13(8)19)10-6-12(20)18-3-4-21-14(18)16-10/h3-7H,1-2H3. The van der Waals surface area contributed by atoms with Gasteiger partial charge in [0.05, 0.1) is 17.6 Å². The van der Waals surface area contributed by atoms with Crippen LogP contribution in [0.3, 0.4) is 0 Å². The van der Waals surface area contributed by atoms with E-state index in [2.05, 4.69) is 15.1 Å². The Bertz CT molecular complexity index is 1040. The smallest absolute Gasteiger partial charge is 0.259 e. The van der Waals surface area contributed by atoms with E-state index in [0.717, 1.165) is 16.9 Å². The Balaban J connectivity index is 2.01. The predicted octanol–water partition coefficient (Wildman–Crippen LogP) is 2.08. The highest BCUT2D eigenvalue weighted by atomic mass is 32.1. The average molecular weight is 297 g/mol. The minimum Gasteiger partial charge on any atom is -0.269 e. The molecule has 0 aliphatic rings. The molecule has 0 fully saturated rings. The lowest BCUT2D eigenvalue weighted by Crippen LogP contribution is -2.12. The lowest BCUT2D eigenvalue weighted by molar-refractivity contribution is 0.926. The van der Waals surface area contributed by atoms with Gasteiger partial charge in [-0.2, -0.15) is 5.10 Å². The van der Waals surface area contributed by atoms with E-state index in [1.807, 2.05) is 31.5 Å². The zero-order valence-corrected chi connectivity index (χ0v) is 12.3. The number of aromatic nitrogens is 5. The highest BCUT2D eigenvalue weighted by Crippen LogP contribution is 2.19. The fraction of sp³-hybridized carbons (Fsp3) is 0.143. The van der Waals surface area contributed by atoms with Crippen LogP contribution in [-0.4, -0.2) is 24.0 Å². The van der Waals surface area contributed by atoms with Crippen molar-refractivity contribution >= 4 is 21.9 Å². The molecule has 0 amide bonds. The van der Waals surface area contributed by atoms with Gasteiger partial charge in [0.1, 0.15) is 5.69 Å². The summed E-state index contributed by atoms with van der Waals surface area (Å²) in [5.41, 5.74) is 3.89. The summed E-state index contributed by atoms with van der Waals surface area (Å²) >= 11 is 1.43. The predicted molar refractivity (Wildman–Crippen MR) is 80.8 cm³/mol. The van der Waals surface area contributed by atoms with E-state index >= 15 is 0 Å². The van der Waals surface area contributed by atoms with Crippen molar-refractivity contribution in [1.29, 1.82) is 0 Å². The van der Waals surface area contributed by atoms with Crippen LogP contribution >= 0.6 is 11.3 Å². The second-order valence-electron chi connectivity index (χ2n) is 4.90. The van der Waals surface area contributed by atoms with Gasteiger partial charge < -0.3 is 0 Å². The first-order valence-electron chi connectivity index (χ1n) is 6.43. The minimum absolute atomic E-state index is 0.0994. The molecule has 0 unspecified atom stereocenters. The van der Waals surface area contributed by atoms with Crippen molar-refractivity contribution in [3.63, 3.8) is 0 Å². The van der Waals surface area contributed by atoms with Crippen LogP contribution in [0.2, 0.25) is 0 Å². The monoisotopic (exact) mass is 297 g/mol. The average Bonchev–Trinajstić information content (AvgIpc) is 3.04. The molecule has 104 valence electrons. The third-order valence-corrected chi connectivity index (χ3v) is 4.05. The Kier molecular flexibility index (Phi) is 2.46. The van der Waals surface area contributed by atoms with Crippen LogP contribution in [0.1, 0.15) is 11.3 Å². The largest absolute Gasteiger partial charge is 0.269 e. The first-order valence-corrected chi connectivity index (χ1v) is 7.31. The van der Waals surface area contributed by atoms with Crippen LogP contribution in [0.5, 0.6) is 0 Å². The molecule has 6 nitrogen and oxygen atoms in total. The Morgan fingerprint density at radius 2 is 2.00 bits per heavy atom. The minimum atomic E-state index is -0.0994. The number of rotatable bonds is 1. The van der Waals surface area contributed by atoms with Gasteiger partial charge in [-0.3, -0.25) is 9.20 Å². The highest BCUT2D eigenvalue weighted by Gasteiger charge is 2.11. The van der Waals surface area contributed by atoms with Crippen LogP contribution in [0.4, 0.5) is 0 Å². The van der Waals surface area contributed by atoms with Gasteiger partial charge in [0.2, 0.25) is 0 Å². The summed E-state index contributed by atoms with van der Waals surface area (Å²) in [6, 6.07) is 3.42. The summed E-state index contributed by atoms with van der Waals surface area (Å²) in [5.74, 6) is 0. The molecule has 4 heterocycles. The molecule has 21 heavy (non-hydrogen) atoms. The molecule has 0 spiro atoms. The highest BCUT2D eigenvalue weighted by molar-refractivity contribution is 7.15. The quantitative estimate of drug-likeness (QED) is 0.539. The summed E-state index contributed by atoms with van der Waals surface area (Å²) in [6.07, 6.45) is 3.59. The normalized spacial score (nSPS) is 11.5. The Morgan fingerprint density at radius 3 is 2.86 bits per heavy atom. The fourth-order valence-electron chi connectivity index (χ4n) is 2.34. The van der Waals surface area contributed by atoms with E-state index in [0.29, 0.717) is 16.3 Å². The number of imidazole rings is 1. The number of fused-ring (bicyclic) bond motifs is 2. The molecule has 0 saturated heterocycles. The number of hydrogen-bond acceptors (Lipinski definition) is 5. The SMILES string of the molecule is Cc1cn2nc(-c3cc(=O)n4ccsc4n3)cc(C)c2n1. The molecule has 0 radical (unpaired) electrons. The summed E-state index contributed by atoms with van der Waals surface area (Å²) in [7, 11) is 0. The zero-order chi connectivity index (χ0) is 14.6. The molecule has 0 aromatic carbocycles. The molecule has 0 bridgehead atoms. The maximum atomic E-state index is 12.1. The van der Waals surface area contributed by atoms with Crippen molar-refractivity contribution < 1.29 is 0 Å². The summed E-state index contributed by atoms with van der Waals surface area (Å²) in [5, 5.41) is 6.35.